The van der Waals surface area contributed by atoms with E-state index in [0.29, 0.717) is 47.9 Å². The zero-order valence-electron chi connectivity index (χ0n) is 26.2. The van der Waals surface area contributed by atoms with Crippen molar-refractivity contribution in [1.29, 1.82) is 0 Å². The maximum atomic E-state index is 13.8. The van der Waals surface area contributed by atoms with E-state index in [1.165, 1.54) is 24.3 Å². The summed E-state index contributed by atoms with van der Waals surface area (Å²) < 4.78 is 45.5. The first-order valence-electron chi connectivity index (χ1n) is 15.6. The minimum atomic E-state index is -0.484. The SMILES string of the molecule is CCOC(=O)/C(CC[C@H](OCc1ccccc1)c1ccc(F)cc1)=C(/Nc1ccc(F)cc1)c1ccc(OCc2ccccc2)cc1. The van der Waals surface area contributed by atoms with Crippen LogP contribution in [0.3, 0.4) is 0 Å². The van der Waals surface area contributed by atoms with E-state index in [2.05, 4.69) is 5.32 Å². The van der Waals surface area contributed by atoms with Gasteiger partial charge in [0.1, 0.15) is 24.0 Å². The van der Waals surface area contributed by atoms with E-state index >= 15 is 0 Å². The Kier molecular flexibility index (Phi) is 11.9. The lowest BCUT2D eigenvalue weighted by Gasteiger charge is -2.22. The molecule has 7 heteroatoms. The minimum Gasteiger partial charge on any atom is -0.489 e. The number of hydrogen-bond donors (Lipinski definition) is 1. The van der Waals surface area contributed by atoms with E-state index in [4.69, 9.17) is 14.2 Å². The first-order valence-corrected chi connectivity index (χ1v) is 15.6. The molecule has 0 radical (unpaired) electrons. The molecule has 0 spiro atoms. The highest BCUT2D eigenvalue weighted by Gasteiger charge is 2.22. The third-order valence-electron chi connectivity index (χ3n) is 7.52. The number of carbonyl (C=O) groups is 1. The molecular formula is C40H37F2NO4. The number of benzene rings is 5. The van der Waals surface area contributed by atoms with Crippen LogP contribution in [0.1, 0.15) is 48.1 Å². The molecule has 0 unspecified atom stereocenters. The van der Waals surface area contributed by atoms with Gasteiger partial charge in [-0.15, -0.1) is 0 Å². The first-order chi connectivity index (χ1) is 23.0. The Balaban J connectivity index is 1.47. The normalized spacial score (nSPS) is 12.1. The fourth-order valence-corrected chi connectivity index (χ4v) is 5.08. The Hall–Kier alpha value is -5.27. The van der Waals surface area contributed by atoms with Crippen LogP contribution < -0.4 is 10.1 Å². The van der Waals surface area contributed by atoms with Crippen LogP contribution in [0.4, 0.5) is 14.5 Å². The summed E-state index contributed by atoms with van der Waals surface area (Å²) in [6.07, 6.45) is 0.228. The van der Waals surface area contributed by atoms with Gasteiger partial charge in [0.05, 0.1) is 30.6 Å². The van der Waals surface area contributed by atoms with Crippen LogP contribution in [0, 0.1) is 11.6 Å². The smallest absolute Gasteiger partial charge is 0.336 e. The molecule has 0 bridgehead atoms. The summed E-state index contributed by atoms with van der Waals surface area (Å²) in [5, 5.41) is 3.35. The molecule has 5 aromatic rings. The molecule has 5 aromatic carbocycles. The fraction of sp³-hybridized carbons (Fsp3) is 0.175. The van der Waals surface area contributed by atoms with Crippen LogP contribution in [-0.4, -0.2) is 12.6 Å². The summed E-state index contributed by atoms with van der Waals surface area (Å²) in [5.41, 5.74) is 5.06. The molecular weight excluding hydrogens is 596 g/mol. The predicted molar refractivity (Wildman–Crippen MR) is 180 cm³/mol. The number of hydrogen-bond acceptors (Lipinski definition) is 5. The lowest BCUT2D eigenvalue weighted by molar-refractivity contribution is -0.138. The van der Waals surface area contributed by atoms with Crippen LogP contribution >= 0.6 is 0 Å². The van der Waals surface area contributed by atoms with Gasteiger partial charge >= 0.3 is 5.97 Å². The molecule has 0 aliphatic rings. The number of halogens is 2. The largest absolute Gasteiger partial charge is 0.489 e. The van der Waals surface area contributed by atoms with Gasteiger partial charge in [0.2, 0.25) is 0 Å². The van der Waals surface area contributed by atoms with E-state index in [0.717, 1.165) is 16.7 Å². The van der Waals surface area contributed by atoms with Crippen molar-refractivity contribution in [2.75, 3.05) is 11.9 Å². The molecule has 5 nitrogen and oxygen atoms in total. The van der Waals surface area contributed by atoms with Gasteiger partial charge in [-0.2, -0.15) is 0 Å². The molecule has 240 valence electrons. The van der Waals surface area contributed by atoms with Gasteiger partial charge in [-0.25, -0.2) is 13.6 Å². The molecule has 0 saturated heterocycles. The Bertz CT molecular complexity index is 1720. The third-order valence-corrected chi connectivity index (χ3v) is 7.52. The Morgan fingerprint density at radius 2 is 1.28 bits per heavy atom. The van der Waals surface area contributed by atoms with E-state index in [1.807, 2.05) is 84.9 Å². The second-order valence-electron chi connectivity index (χ2n) is 10.9. The average molecular weight is 634 g/mol. The second kappa shape index (κ2) is 16.9. The van der Waals surface area contributed by atoms with Crippen molar-refractivity contribution in [2.45, 2.75) is 39.1 Å². The third kappa shape index (κ3) is 9.86. The highest BCUT2D eigenvalue weighted by Crippen LogP contribution is 2.32. The van der Waals surface area contributed by atoms with Gasteiger partial charge in [0, 0.05) is 5.69 Å². The molecule has 1 atom stereocenters. The molecule has 0 saturated carbocycles. The molecule has 0 amide bonds. The number of carbonyl (C=O) groups excluding carboxylic acids is 1. The predicted octanol–water partition coefficient (Wildman–Crippen LogP) is 9.67. The molecule has 0 aliphatic carbocycles. The molecule has 5 rings (SSSR count). The zero-order valence-corrected chi connectivity index (χ0v) is 26.2. The Labute approximate surface area is 274 Å². The van der Waals surface area contributed by atoms with Crippen LogP contribution in [0.25, 0.3) is 5.70 Å². The highest BCUT2D eigenvalue weighted by molar-refractivity contribution is 6.00. The average Bonchev–Trinajstić information content (AvgIpc) is 3.11. The number of ether oxygens (including phenoxy) is 3. The lowest BCUT2D eigenvalue weighted by Crippen LogP contribution is -2.15. The molecule has 1 N–H and O–H groups in total. The van der Waals surface area contributed by atoms with E-state index in [-0.39, 0.29) is 24.7 Å². The number of esters is 1. The second-order valence-corrected chi connectivity index (χ2v) is 10.9. The van der Waals surface area contributed by atoms with Crippen LogP contribution in [0.2, 0.25) is 0 Å². The molecule has 0 fully saturated rings. The standard InChI is InChI=1S/C40H37F2NO4/c1-2-45-40(44)37(25-26-38(31-13-17-33(41)18-14-31)47-28-30-11-7-4-8-12-30)39(43-35-21-19-34(42)20-22-35)32-15-23-36(24-16-32)46-27-29-9-5-3-6-10-29/h3-24,38,43H,2,25-28H2,1H3/b39-37+/t38-/m0/s1. The fourth-order valence-electron chi connectivity index (χ4n) is 5.08. The minimum absolute atomic E-state index is 0.185. The van der Waals surface area contributed by atoms with E-state index in [9.17, 15) is 13.6 Å². The first kappa shape index (κ1) is 33.1. The van der Waals surface area contributed by atoms with Gasteiger partial charge < -0.3 is 19.5 Å². The van der Waals surface area contributed by atoms with Crippen molar-refractivity contribution in [1.82, 2.24) is 0 Å². The number of nitrogens with one attached hydrogen (secondary N) is 1. The molecule has 0 aromatic heterocycles. The van der Waals surface area contributed by atoms with Gasteiger partial charge in [-0.3, -0.25) is 0 Å². The van der Waals surface area contributed by atoms with Crippen molar-refractivity contribution in [3.8, 4) is 5.75 Å². The highest BCUT2D eigenvalue weighted by atomic mass is 19.1. The van der Waals surface area contributed by atoms with Crippen molar-refractivity contribution in [2.24, 2.45) is 0 Å². The number of rotatable bonds is 15. The van der Waals surface area contributed by atoms with Crippen molar-refractivity contribution < 1.29 is 27.8 Å². The summed E-state index contributed by atoms with van der Waals surface area (Å²) in [5.74, 6) is -0.529. The lowest BCUT2D eigenvalue weighted by atomic mass is 9.97. The summed E-state index contributed by atoms with van der Waals surface area (Å²) >= 11 is 0. The molecule has 0 aliphatic heterocycles. The zero-order chi connectivity index (χ0) is 32.8. The van der Waals surface area contributed by atoms with Crippen molar-refractivity contribution >= 4 is 17.4 Å². The van der Waals surface area contributed by atoms with E-state index in [1.54, 1.807) is 31.2 Å². The topological polar surface area (TPSA) is 56.8 Å². The van der Waals surface area contributed by atoms with Gasteiger partial charge in [0.15, 0.2) is 0 Å². The maximum Gasteiger partial charge on any atom is 0.336 e. The molecule has 47 heavy (non-hydrogen) atoms. The van der Waals surface area contributed by atoms with Gasteiger partial charge in [0.25, 0.3) is 0 Å². The monoisotopic (exact) mass is 633 g/mol. The van der Waals surface area contributed by atoms with Gasteiger partial charge in [-0.05, 0) is 103 Å². The molecule has 0 heterocycles. The van der Waals surface area contributed by atoms with E-state index < -0.39 is 12.1 Å². The van der Waals surface area contributed by atoms with Crippen molar-refractivity contribution in [3.05, 3.63) is 173 Å². The van der Waals surface area contributed by atoms with Crippen LogP contribution in [-0.2, 0) is 27.5 Å². The summed E-state index contributed by atoms with van der Waals surface area (Å²) in [6.45, 7) is 2.70. The number of anilines is 1. The van der Waals surface area contributed by atoms with Crippen LogP contribution in [0.5, 0.6) is 5.75 Å². The summed E-state index contributed by atoms with van der Waals surface area (Å²) in [6, 6.07) is 39.2. The Morgan fingerprint density at radius 3 is 1.87 bits per heavy atom. The maximum absolute atomic E-state index is 13.8. The summed E-state index contributed by atoms with van der Waals surface area (Å²) in [7, 11) is 0. The van der Waals surface area contributed by atoms with Crippen LogP contribution in [0.15, 0.2) is 139 Å². The van der Waals surface area contributed by atoms with Gasteiger partial charge in [-0.1, -0.05) is 72.8 Å². The Morgan fingerprint density at radius 1 is 0.702 bits per heavy atom. The van der Waals surface area contributed by atoms with Crippen molar-refractivity contribution in [3.63, 3.8) is 0 Å². The quantitative estimate of drug-likeness (QED) is 0.0919. The summed E-state index contributed by atoms with van der Waals surface area (Å²) in [4.78, 5) is 13.6.